The van der Waals surface area contributed by atoms with Crippen molar-refractivity contribution in [3.63, 3.8) is 0 Å². The van der Waals surface area contributed by atoms with Crippen LogP contribution in [0.4, 0.5) is 0 Å². The highest BCUT2D eigenvalue weighted by Gasteiger charge is 1.99. The molecular weight excluding hydrogens is 214 g/mol. The number of ether oxygens (including phenoxy) is 1. The Morgan fingerprint density at radius 1 is 1.33 bits per heavy atom. The molecule has 4 heteroatoms. The second-order valence-electron chi connectivity index (χ2n) is 3.01. The molecule has 0 aliphatic heterocycles. The summed E-state index contributed by atoms with van der Waals surface area (Å²) in [6.07, 6.45) is 3.31. The molecule has 0 N–H and O–H groups in total. The number of nitrogens with zero attached hydrogens (tertiary/aromatic N) is 1. The van der Waals surface area contributed by atoms with Gasteiger partial charge in [-0.15, -0.1) is 11.6 Å². The van der Waals surface area contributed by atoms with Gasteiger partial charge in [0.05, 0.1) is 6.26 Å². The summed E-state index contributed by atoms with van der Waals surface area (Å²) in [5, 5.41) is 0. The predicted octanol–water partition coefficient (Wildman–Crippen LogP) is 2.99. The molecule has 78 valence electrons. The highest BCUT2D eigenvalue weighted by atomic mass is 35.5. The van der Waals surface area contributed by atoms with E-state index in [4.69, 9.17) is 20.8 Å². The van der Waals surface area contributed by atoms with Crippen LogP contribution in [-0.4, -0.2) is 4.98 Å². The van der Waals surface area contributed by atoms with Crippen molar-refractivity contribution < 1.29 is 9.15 Å². The molecule has 2 heterocycles. The Morgan fingerprint density at radius 3 is 2.87 bits per heavy atom. The number of alkyl halides is 1. The monoisotopic (exact) mass is 223 g/mol. The van der Waals surface area contributed by atoms with E-state index in [9.17, 15) is 0 Å². The molecule has 0 saturated carbocycles. The third-order valence-electron chi connectivity index (χ3n) is 1.89. The van der Waals surface area contributed by atoms with Gasteiger partial charge in [-0.05, 0) is 17.7 Å². The molecule has 15 heavy (non-hydrogen) atoms. The summed E-state index contributed by atoms with van der Waals surface area (Å²) in [5.74, 6) is 1.81. The summed E-state index contributed by atoms with van der Waals surface area (Å²) in [5.41, 5.74) is 0.974. The lowest BCUT2D eigenvalue weighted by atomic mass is 10.3. The number of furan rings is 1. The van der Waals surface area contributed by atoms with E-state index in [-0.39, 0.29) is 0 Å². The minimum Gasteiger partial charge on any atom is -0.469 e. The zero-order valence-corrected chi connectivity index (χ0v) is 8.78. The molecule has 0 saturated heterocycles. The zero-order chi connectivity index (χ0) is 10.5. The van der Waals surface area contributed by atoms with Gasteiger partial charge in [0.2, 0.25) is 5.88 Å². The second kappa shape index (κ2) is 4.84. The van der Waals surface area contributed by atoms with E-state index >= 15 is 0 Å². The third kappa shape index (κ3) is 2.73. The van der Waals surface area contributed by atoms with Crippen molar-refractivity contribution in [2.45, 2.75) is 12.5 Å². The van der Waals surface area contributed by atoms with Gasteiger partial charge in [0.1, 0.15) is 12.4 Å². The van der Waals surface area contributed by atoms with Crippen LogP contribution in [0.2, 0.25) is 0 Å². The maximum absolute atomic E-state index is 5.64. The summed E-state index contributed by atoms with van der Waals surface area (Å²) in [4.78, 5) is 4.10. The van der Waals surface area contributed by atoms with Crippen LogP contribution in [0.15, 0.2) is 41.1 Å². The summed E-state index contributed by atoms with van der Waals surface area (Å²) in [6, 6.07) is 7.36. The van der Waals surface area contributed by atoms with Crippen LogP contribution in [0.1, 0.15) is 11.3 Å². The summed E-state index contributed by atoms with van der Waals surface area (Å²) < 4.78 is 10.5. The van der Waals surface area contributed by atoms with Crippen molar-refractivity contribution in [2.75, 3.05) is 0 Å². The first-order valence-electron chi connectivity index (χ1n) is 4.54. The Morgan fingerprint density at radius 2 is 2.27 bits per heavy atom. The van der Waals surface area contributed by atoms with Crippen molar-refractivity contribution in [2.24, 2.45) is 0 Å². The largest absolute Gasteiger partial charge is 0.469 e. The fraction of sp³-hybridized carbons (Fsp3) is 0.182. The summed E-state index contributed by atoms with van der Waals surface area (Å²) in [7, 11) is 0. The number of aromatic nitrogens is 1. The van der Waals surface area contributed by atoms with Crippen molar-refractivity contribution in [1.82, 2.24) is 4.98 Å². The molecule has 0 aromatic carbocycles. The van der Waals surface area contributed by atoms with Crippen LogP contribution < -0.4 is 4.74 Å². The molecule has 0 spiro atoms. The number of hydrogen-bond acceptors (Lipinski definition) is 3. The summed E-state index contributed by atoms with van der Waals surface area (Å²) in [6.45, 7) is 0.389. The van der Waals surface area contributed by atoms with E-state index in [0.29, 0.717) is 18.4 Å². The number of halogens is 1. The quantitative estimate of drug-likeness (QED) is 0.748. The fourth-order valence-electron chi connectivity index (χ4n) is 1.12. The number of hydrogen-bond donors (Lipinski definition) is 0. The van der Waals surface area contributed by atoms with Crippen LogP contribution in [0.5, 0.6) is 5.88 Å². The Balaban J connectivity index is 1.93. The molecule has 0 radical (unpaired) electrons. The van der Waals surface area contributed by atoms with Crippen molar-refractivity contribution in [1.29, 1.82) is 0 Å². The fourth-order valence-corrected chi connectivity index (χ4v) is 1.27. The first-order valence-corrected chi connectivity index (χ1v) is 5.08. The molecule has 0 fully saturated rings. The zero-order valence-electron chi connectivity index (χ0n) is 8.02. The van der Waals surface area contributed by atoms with Gasteiger partial charge in [0.25, 0.3) is 0 Å². The minimum atomic E-state index is 0.389. The minimum absolute atomic E-state index is 0.389. The van der Waals surface area contributed by atoms with E-state index < -0.39 is 0 Å². The summed E-state index contributed by atoms with van der Waals surface area (Å²) >= 11 is 5.64. The maximum atomic E-state index is 5.64. The van der Waals surface area contributed by atoms with Gasteiger partial charge in [-0.3, -0.25) is 0 Å². The van der Waals surface area contributed by atoms with E-state index in [0.717, 1.165) is 11.3 Å². The average Bonchev–Trinajstić information content (AvgIpc) is 2.80. The molecule has 0 atom stereocenters. The molecule has 2 aromatic rings. The Hall–Kier alpha value is -1.48. The lowest BCUT2D eigenvalue weighted by molar-refractivity contribution is 0.260. The van der Waals surface area contributed by atoms with Gasteiger partial charge < -0.3 is 9.15 Å². The molecule has 0 aliphatic rings. The van der Waals surface area contributed by atoms with Gasteiger partial charge in [0, 0.05) is 18.1 Å². The Kier molecular flexibility index (Phi) is 3.25. The van der Waals surface area contributed by atoms with Crippen molar-refractivity contribution in [3.05, 3.63) is 48.0 Å². The molecule has 2 rings (SSSR count). The molecule has 0 unspecified atom stereocenters. The Labute approximate surface area is 92.6 Å². The smallest absolute Gasteiger partial charge is 0.213 e. The van der Waals surface area contributed by atoms with Gasteiger partial charge in [0.15, 0.2) is 0 Å². The van der Waals surface area contributed by atoms with E-state index in [1.54, 1.807) is 18.5 Å². The van der Waals surface area contributed by atoms with Crippen molar-refractivity contribution >= 4 is 11.6 Å². The van der Waals surface area contributed by atoms with Crippen LogP contribution in [0.3, 0.4) is 0 Å². The first-order chi connectivity index (χ1) is 7.38. The molecule has 0 bridgehead atoms. The van der Waals surface area contributed by atoms with E-state index in [2.05, 4.69) is 4.98 Å². The molecule has 3 nitrogen and oxygen atoms in total. The predicted molar refractivity (Wildman–Crippen MR) is 56.8 cm³/mol. The van der Waals surface area contributed by atoms with Crippen LogP contribution in [-0.2, 0) is 12.5 Å². The highest BCUT2D eigenvalue weighted by molar-refractivity contribution is 6.17. The van der Waals surface area contributed by atoms with Crippen LogP contribution in [0, 0.1) is 0 Å². The van der Waals surface area contributed by atoms with Gasteiger partial charge >= 0.3 is 0 Å². The molecule has 2 aromatic heterocycles. The topological polar surface area (TPSA) is 35.3 Å². The van der Waals surface area contributed by atoms with Crippen molar-refractivity contribution in [3.8, 4) is 5.88 Å². The third-order valence-corrected chi connectivity index (χ3v) is 2.20. The van der Waals surface area contributed by atoms with Gasteiger partial charge in [-0.2, -0.15) is 0 Å². The van der Waals surface area contributed by atoms with E-state index in [1.807, 2.05) is 18.2 Å². The van der Waals surface area contributed by atoms with Gasteiger partial charge in [-0.25, -0.2) is 4.98 Å². The standard InChI is InChI=1S/C11H10ClNO2/c12-6-9-3-4-11(13-7-9)15-8-10-2-1-5-14-10/h1-5,7H,6,8H2. The second-order valence-corrected chi connectivity index (χ2v) is 3.27. The molecular formula is C11H10ClNO2. The van der Waals surface area contributed by atoms with Crippen LogP contribution >= 0.6 is 11.6 Å². The maximum Gasteiger partial charge on any atom is 0.213 e. The molecule has 0 amide bonds. The lowest BCUT2D eigenvalue weighted by Gasteiger charge is -2.03. The Bertz CT molecular complexity index is 397. The first kappa shape index (κ1) is 10.1. The van der Waals surface area contributed by atoms with Gasteiger partial charge in [-0.1, -0.05) is 6.07 Å². The number of pyridine rings is 1. The number of rotatable bonds is 4. The average molecular weight is 224 g/mol. The normalized spacial score (nSPS) is 10.2. The highest BCUT2D eigenvalue weighted by Crippen LogP contribution is 2.11. The van der Waals surface area contributed by atoms with Crippen LogP contribution in [0.25, 0.3) is 0 Å². The lowest BCUT2D eigenvalue weighted by Crippen LogP contribution is -1.95. The van der Waals surface area contributed by atoms with E-state index in [1.165, 1.54) is 0 Å². The SMILES string of the molecule is ClCc1ccc(OCc2ccco2)nc1. The molecule has 0 aliphatic carbocycles.